The summed E-state index contributed by atoms with van der Waals surface area (Å²) in [7, 11) is 0. The van der Waals surface area contributed by atoms with Gasteiger partial charge in [-0.05, 0) is 34.0 Å². The van der Waals surface area contributed by atoms with Crippen molar-refractivity contribution in [2.75, 3.05) is 0 Å². The number of nitrogens with zero attached hydrogens (tertiary/aromatic N) is 1. The van der Waals surface area contributed by atoms with E-state index < -0.39 is 5.24 Å². The Morgan fingerprint density at radius 1 is 1.82 bits per heavy atom. The van der Waals surface area contributed by atoms with E-state index in [1.165, 1.54) is 11.3 Å². The first kappa shape index (κ1) is 9.16. The molecule has 5 heteroatoms. The Morgan fingerprint density at radius 3 is 2.82 bits per heavy atom. The highest BCUT2D eigenvalue weighted by Crippen LogP contribution is 2.24. The van der Waals surface area contributed by atoms with Gasteiger partial charge in [0.15, 0.2) is 3.92 Å². The van der Waals surface area contributed by atoms with Crippen molar-refractivity contribution >= 4 is 44.1 Å². The molecule has 1 rings (SSSR count). The number of rotatable bonds is 2. The van der Waals surface area contributed by atoms with Crippen LogP contribution in [0.5, 0.6) is 0 Å². The molecule has 1 heterocycles. The van der Waals surface area contributed by atoms with Gasteiger partial charge in [0.25, 0.3) is 5.24 Å². The van der Waals surface area contributed by atoms with Crippen molar-refractivity contribution in [3.05, 3.63) is 14.5 Å². The van der Waals surface area contributed by atoms with Gasteiger partial charge >= 0.3 is 0 Å². The number of aryl methyl sites for hydroxylation is 1. The molecular weight excluding hydrogens is 249 g/mol. The second-order valence-electron chi connectivity index (χ2n) is 1.87. The molecule has 0 spiro atoms. The second-order valence-corrected chi connectivity index (χ2v) is 4.49. The van der Waals surface area contributed by atoms with E-state index in [1.54, 1.807) is 0 Å². The topological polar surface area (TPSA) is 30.0 Å². The van der Waals surface area contributed by atoms with Crippen molar-refractivity contribution in [1.29, 1.82) is 0 Å². The third-order valence-electron chi connectivity index (χ3n) is 1.18. The molecule has 0 saturated heterocycles. The van der Waals surface area contributed by atoms with Crippen LogP contribution in [0, 0.1) is 0 Å². The zero-order chi connectivity index (χ0) is 8.43. The van der Waals surface area contributed by atoms with Crippen LogP contribution in [0.2, 0.25) is 0 Å². The van der Waals surface area contributed by atoms with Crippen molar-refractivity contribution in [1.82, 2.24) is 4.98 Å². The first-order valence-electron chi connectivity index (χ1n) is 3.00. The molecular formula is C6H5BrClNOS. The molecule has 0 aliphatic carbocycles. The fraction of sp³-hybridized carbons (Fsp3) is 0.333. The SMILES string of the molecule is CCc1nc(Br)sc1C(=O)Cl. The second kappa shape index (κ2) is 3.65. The molecule has 0 aliphatic heterocycles. The minimum Gasteiger partial charge on any atom is -0.275 e. The summed E-state index contributed by atoms with van der Waals surface area (Å²) in [5.41, 5.74) is 0.766. The number of aromatic nitrogens is 1. The molecule has 1 aromatic heterocycles. The number of thiazole rings is 1. The van der Waals surface area contributed by atoms with E-state index in [0.29, 0.717) is 8.79 Å². The third-order valence-corrected chi connectivity index (χ3v) is 3.03. The van der Waals surface area contributed by atoms with E-state index >= 15 is 0 Å². The van der Waals surface area contributed by atoms with Gasteiger partial charge < -0.3 is 0 Å². The van der Waals surface area contributed by atoms with Crippen LogP contribution in [-0.4, -0.2) is 10.2 Å². The lowest BCUT2D eigenvalue weighted by molar-refractivity contribution is 0.108. The molecule has 2 nitrogen and oxygen atoms in total. The number of halogens is 2. The predicted octanol–water partition coefficient (Wildman–Crippen LogP) is 2.85. The lowest BCUT2D eigenvalue weighted by atomic mass is 10.3. The average molecular weight is 255 g/mol. The van der Waals surface area contributed by atoms with Crippen molar-refractivity contribution in [2.24, 2.45) is 0 Å². The van der Waals surface area contributed by atoms with Crippen molar-refractivity contribution in [3.8, 4) is 0 Å². The van der Waals surface area contributed by atoms with E-state index in [9.17, 15) is 4.79 Å². The highest BCUT2D eigenvalue weighted by atomic mass is 79.9. The maximum absolute atomic E-state index is 10.8. The third kappa shape index (κ3) is 2.01. The van der Waals surface area contributed by atoms with Gasteiger partial charge in [0.05, 0.1) is 5.69 Å². The maximum atomic E-state index is 10.8. The van der Waals surface area contributed by atoms with Crippen LogP contribution in [0.15, 0.2) is 3.92 Å². The van der Waals surface area contributed by atoms with Gasteiger partial charge in [0.2, 0.25) is 0 Å². The maximum Gasteiger partial charge on any atom is 0.264 e. The van der Waals surface area contributed by atoms with Crippen LogP contribution < -0.4 is 0 Å². The molecule has 0 radical (unpaired) electrons. The fourth-order valence-electron chi connectivity index (χ4n) is 0.716. The van der Waals surface area contributed by atoms with Crippen molar-refractivity contribution < 1.29 is 4.79 Å². The summed E-state index contributed by atoms with van der Waals surface area (Å²) >= 11 is 9.77. The molecule has 0 aliphatic rings. The van der Waals surface area contributed by atoms with Gasteiger partial charge in [0, 0.05) is 0 Å². The standard InChI is InChI=1S/C6H5BrClNOS/c1-2-3-4(5(8)10)11-6(7)9-3/h2H2,1H3. The monoisotopic (exact) mass is 253 g/mol. The van der Waals surface area contributed by atoms with E-state index in [0.717, 1.165) is 12.1 Å². The molecule has 0 saturated carbocycles. The lowest BCUT2D eigenvalue weighted by Crippen LogP contribution is -1.90. The molecule has 0 aromatic carbocycles. The highest BCUT2D eigenvalue weighted by molar-refractivity contribution is 9.11. The van der Waals surface area contributed by atoms with E-state index in [1.807, 2.05) is 6.92 Å². The van der Waals surface area contributed by atoms with Crippen LogP contribution in [0.3, 0.4) is 0 Å². The molecule has 0 fully saturated rings. The van der Waals surface area contributed by atoms with E-state index in [-0.39, 0.29) is 0 Å². The Hall–Kier alpha value is 0.0700. The summed E-state index contributed by atoms with van der Waals surface area (Å²) in [6.45, 7) is 1.94. The Bertz CT molecular complexity index is 286. The lowest BCUT2D eigenvalue weighted by Gasteiger charge is -1.88. The average Bonchev–Trinajstić information content (AvgIpc) is 2.30. The number of hydrogen-bond acceptors (Lipinski definition) is 3. The van der Waals surface area contributed by atoms with Crippen LogP contribution in [-0.2, 0) is 6.42 Å². The quantitative estimate of drug-likeness (QED) is 0.760. The minimum absolute atomic E-state index is 0.426. The Kier molecular flexibility index (Phi) is 3.04. The van der Waals surface area contributed by atoms with Crippen LogP contribution in [0.25, 0.3) is 0 Å². The largest absolute Gasteiger partial charge is 0.275 e. The summed E-state index contributed by atoms with van der Waals surface area (Å²) in [6, 6.07) is 0. The number of hydrogen-bond donors (Lipinski definition) is 0. The summed E-state index contributed by atoms with van der Waals surface area (Å²) in [5, 5.41) is -0.426. The summed E-state index contributed by atoms with van der Waals surface area (Å²) < 4.78 is 0.707. The van der Waals surface area contributed by atoms with Gasteiger partial charge in [0.1, 0.15) is 4.88 Å². The van der Waals surface area contributed by atoms with Gasteiger partial charge in [-0.15, -0.1) is 11.3 Å². The van der Waals surface area contributed by atoms with E-state index in [4.69, 9.17) is 11.6 Å². The Morgan fingerprint density at radius 2 is 2.45 bits per heavy atom. The fourth-order valence-corrected chi connectivity index (χ4v) is 2.35. The normalized spacial score (nSPS) is 10.1. The Balaban J connectivity index is 3.12. The smallest absolute Gasteiger partial charge is 0.264 e. The minimum atomic E-state index is -0.426. The molecule has 0 atom stereocenters. The molecule has 0 amide bonds. The molecule has 0 unspecified atom stereocenters. The van der Waals surface area contributed by atoms with Crippen LogP contribution >= 0.6 is 38.9 Å². The van der Waals surface area contributed by atoms with Gasteiger partial charge in [-0.1, -0.05) is 6.92 Å². The first-order valence-corrected chi connectivity index (χ1v) is 4.99. The number of carbonyl (C=O) groups excluding carboxylic acids is 1. The zero-order valence-electron chi connectivity index (χ0n) is 5.73. The number of carbonyl (C=O) groups is 1. The molecule has 11 heavy (non-hydrogen) atoms. The summed E-state index contributed by atoms with van der Waals surface area (Å²) in [4.78, 5) is 15.4. The molecule has 1 aromatic rings. The molecule has 60 valence electrons. The Labute approximate surface area is 81.7 Å². The first-order chi connectivity index (χ1) is 5.15. The summed E-state index contributed by atoms with van der Waals surface area (Å²) in [6.07, 6.45) is 0.732. The van der Waals surface area contributed by atoms with Crippen LogP contribution in [0.1, 0.15) is 22.3 Å². The molecule has 0 N–H and O–H groups in total. The summed E-state index contributed by atoms with van der Waals surface area (Å²) in [5.74, 6) is 0. The van der Waals surface area contributed by atoms with E-state index in [2.05, 4.69) is 20.9 Å². The van der Waals surface area contributed by atoms with Crippen molar-refractivity contribution in [2.45, 2.75) is 13.3 Å². The van der Waals surface area contributed by atoms with Crippen molar-refractivity contribution in [3.63, 3.8) is 0 Å². The predicted molar refractivity (Wildman–Crippen MR) is 49.4 cm³/mol. The van der Waals surface area contributed by atoms with Gasteiger partial charge in [-0.25, -0.2) is 4.98 Å². The van der Waals surface area contributed by atoms with Crippen LogP contribution in [0.4, 0.5) is 0 Å². The highest BCUT2D eigenvalue weighted by Gasteiger charge is 2.13. The zero-order valence-corrected chi connectivity index (χ0v) is 8.89. The van der Waals surface area contributed by atoms with Gasteiger partial charge in [-0.2, -0.15) is 0 Å². The molecule has 0 bridgehead atoms. The van der Waals surface area contributed by atoms with Gasteiger partial charge in [-0.3, -0.25) is 4.79 Å².